The molecule has 3 rings (SSSR count). The lowest BCUT2D eigenvalue weighted by Gasteiger charge is -2.38. The van der Waals surface area contributed by atoms with Crippen molar-refractivity contribution in [3.8, 4) is 0 Å². The number of carbonyl (C=O) groups excluding carboxylic acids is 2. The molecule has 0 saturated carbocycles. The van der Waals surface area contributed by atoms with Gasteiger partial charge in [-0.15, -0.1) is 0 Å². The molecular formula is C20H20ClN3O5. The maximum atomic E-state index is 12.8. The van der Waals surface area contributed by atoms with Gasteiger partial charge in [-0.25, -0.2) is 4.79 Å². The average molecular weight is 418 g/mol. The normalized spacial score (nSPS) is 15.6. The molecule has 1 amide bonds. The van der Waals surface area contributed by atoms with Gasteiger partial charge >= 0.3 is 5.97 Å². The summed E-state index contributed by atoms with van der Waals surface area (Å²) in [6, 6.07) is 12.3. The van der Waals surface area contributed by atoms with Crippen molar-refractivity contribution < 1.29 is 19.2 Å². The summed E-state index contributed by atoms with van der Waals surface area (Å²) in [6.07, 6.45) is 0. The first kappa shape index (κ1) is 20.8. The summed E-state index contributed by atoms with van der Waals surface area (Å²) in [5.41, 5.74) is 0.599. The number of nitro groups is 1. The fourth-order valence-electron chi connectivity index (χ4n) is 3.42. The van der Waals surface area contributed by atoms with Gasteiger partial charge in [0.15, 0.2) is 0 Å². The highest BCUT2D eigenvalue weighted by molar-refractivity contribution is 6.30. The Morgan fingerprint density at radius 2 is 1.69 bits per heavy atom. The summed E-state index contributed by atoms with van der Waals surface area (Å²) >= 11 is 5.94. The van der Waals surface area contributed by atoms with Gasteiger partial charge in [-0.1, -0.05) is 35.9 Å². The molecule has 1 unspecified atom stereocenters. The molecule has 0 bridgehead atoms. The SMILES string of the molecule is COC(=O)C(c1ccc(Cl)cc1)N1CCN(C(=O)c2ccccc2[N+](=O)[O-])CC1. The monoisotopic (exact) mass is 417 g/mol. The van der Waals surface area contributed by atoms with E-state index in [1.807, 2.05) is 4.90 Å². The van der Waals surface area contributed by atoms with Crippen LogP contribution in [0.15, 0.2) is 48.5 Å². The van der Waals surface area contributed by atoms with Crippen molar-refractivity contribution in [1.82, 2.24) is 9.80 Å². The number of ether oxygens (including phenoxy) is 1. The number of amides is 1. The number of methoxy groups -OCH3 is 1. The molecule has 0 N–H and O–H groups in total. The third kappa shape index (κ3) is 4.55. The summed E-state index contributed by atoms with van der Waals surface area (Å²) in [7, 11) is 1.33. The van der Waals surface area contributed by atoms with Crippen LogP contribution in [0.25, 0.3) is 0 Å². The molecule has 29 heavy (non-hydrogen) atoms. The number of para-hydroxylation sites is 1. The van der Waals surface area contributed by atoms with Gasteiger partial charge in [-0.05, 0) is 23.8 Å². The molecule has 0 aliphatic carbocycles. The number of nitro benzene ring substituents is 1. The number of rotatable bonds is 5. The lowest BCUT2D eigenvalue weighted by molar-refractivity contribution is -0.385. The van der Waals surface area contributed by atoms with Crippen molar-refractivity contribution in [2.24, 2.45) is 0 Å². The Kier molecular flexibility index (Phi) is 6.46. The van der Waals surface area contributed by atoms with Crippen molar-refractivity contribution in [2.75, 3.05) is 33.3 Å². The quantitative estimate of drug-likeness (QED) is 0.422. The molecule has 1 atom stereocenters. The van der Waals surface area contributed by atoms with E-state index in [4.69, 9.17) is 16.3 Å². The van der Waals surface area contributed by atoms with Crippen molar-refractivity contribution >= 4 is 29.2 Å². The molecule has 1 saturated heterocycles. The van der Waals surface area contributed by atoms with Crippen LogP contribution in [-0.2, 0) is 9.53 Å². The summed E-state index contributed by atoms with van der Waals surface area (Å²) in [5.74, 6) is -0.788. The highest BCUT2D eigenvalue weighted by Crippen LogP contribution is 2.26. The minimum Gasteiger partial charge on any atom is -0.468 e. The fourth-order valence-corrected chi connectivity index (χ4v) is 3.55. The lowest BCUT2D eigenvalue weighted by atomic mass is 10.0. The first-order valence-corrected chi connectivity index (χ1v) is 9.40. The van der Waals surface area contributed by atoms with E-state index in [0.717, 1.165) is 5.56 Å². The molecule has 152 valence electrons. The van der Waals surface area contributed by atoms with E-state index in [1.165, 1.54) is 25.3 Å². The molecule has 1 aliphatic rings. The minimum absolute atomic E-state index is 0.0631. The molecule has 8 nitrogen and oxygen atoms in total. The van der Waals surface area contributed by atoms with Gasteiger partial charge < -0.3 is 9.64 Å². The third-order valence-corrected chi connectivity index (χ3v) is 5.16. The molecule has 2 aromatic carbocycles. The maximum absolute atomic E-state index is 12.8. The second kappa shape index (κ2) is 9.02. The predicted molar refractivity (Wildman–Crippen MR) is 107 cm³/mol. The molecule has 2 aromatic rings. The van der Waals surface area contributed by atoms with Crippen molar-refractivity contribution in [1.29, 1.82) is 0 Å². The van der Waals surface area contributed by atoms with E-state index in [0.29, 0.717) is 31.2 Å². The van der Waals surface area contributed by atoms with Crippen LogP contribution in [0.4, 0.5) is 5.69 Å². The Morgan fingerprint density at radius 1 is 1.07 bits per heavy atom. The Hall–Kier alpha value is -2.97. The minimum atomic E-state index is -0.611. The van der Waals surface area contributed by atoms with Crippen molar-refractivity contribution in [3.05, 3.63) is 74.8 Å². The van der Waals surface area contributed by atoms with Gasteiger partial charge in [-0.3, -0.25) is 19.8 Å². The lowest BCUT2D eigenvalue weighted by Crippen LogP contribution is -2.51. The van der Waals surface area contributed by atoms with E-state index in [9.17, 15) is 19.7 Å². The first-order chi connectivity index (χ1) is 13.9. The molecule has 1 heterocycles. The highest BCUT2D eigenvalue weighted by Gasteiger charge is 2.33. The van der Waals surface area contributed by atoms with Gasteiger partial charge in [0, 0.05) is 37.3 Å². The zero-order chi connectivity index (χ0) is 21.0. The van der Waals surface area contributed by atoms with Crippen LogP contribution in [0.3, 0.4) is 0 Å². The van der Waals surface area contributed by atoms with E-state index < -0.39 is 22.8 Å². The number of nitrogens with zero attached hydrogens (tertiary/aromatic N) is 3. The zero-order valence-corrected chi connectivity index (χ0v) is 16.5. The number of piperazine rings is 1. The highest BCUT2D eigenvalue weighted by atomic mass is 35.5. The molecule has 9 heteroatoms. The summed E-state index contributed by atoms with van der Waals surface area (Å²) < 4.78 is 4.97. The molecule has 1 fully saturated rings. The van der Waals surface area contributed by atoms with Crippen molar-refractivity contribution in [2.45, 2.75) is 6.04 Å². The standard InChI is InChI=1S/C20H20ClN3O5/c1-29-20(26)18(14-6-8-15(21)9-7-14)22-10-12-23(13-11-22)19(25)16-4-2-3-5-17(16)24(27)28/h2-9,18H,10-13H2,1H3. The Bertz CT molecular complexity index is 911. The number of hydrogen-bond donors (Lipinski definition) is 0. The van der Waals surface area contributed by atoms with Gasteiger partial charge in [0.2, 0.25) is 0 Å². The molecule has 0 spiro atoms. The van der Waals surface area contributed by atoms with Crippen LogP contribution >= 0.6 is 11.6 Å². The van der Waals surface area contributed by atoms with E-state index in [2.05, 4.69) is 0 Å². The maximum Gasteiger partial charge on any atom is 0.327 e. The van der Waals surface area contributed by atoms with Crippen LogP contribution in [-0.4, -0.2) is 59.9 Å². The van der Waals surface area contributed by atoms with Gasteiger partial charge in [0.1, 0.15) is 11.6 Å². The van der Waals surface area contributed by atoms with Gasteiger partial charge in [-0.2, -0.15) is 0 Å². The number of benzene rings is 2. The van der Waals surface area contributed by atoms with E-state index in [1.54, 1.807) is 35.2 Å². The largest absolute Gasteiger partial charge is 0.468 e. The van der Waals surface area contributed by atoms with Crippen LogP contribution in [0, 0.1) is 10.1 Å². The Balaban J connectivity index is 1.74. The fraction of sp³-hybridized carbons (Fsp3) is 0.300. The third-order valence-electron chi connectivity index (χ3n) is 4.91. The predicted octanol–water partition coefficient (Wildman–Crippen LogP) is 2.92. The van der Waals surface area contributed by atoms with Crippen LogP contribution < -0.4 is 0 Å². The number of halogens is 1. The Morgan fingerprint density at radius 3 is 2.28 bits per heavy atom. The second-order valence-electron chi connectivity index (χ2n) is 6.58. The van der Waals surface area contributed by atoms with Crippen LogP contribution in [0.2, 0.25) is 5.02 Å². The summed E-state index contributed by atoms with van der Waals surface area (Å²) in [5, 5.41) is 11.8. The smallest absolute Gasteiger partial charge is 0.327 e. The number of hydrogen-bond acceptors (Lipinski definition) is 6. The number of carbonyl (C=O) groups is 2. The average Bonchev–Trinajstić information content (AvgIpc) is 2.75. The van der Waals surface area contributed by atoms with Crippen LogP contribution in [0.5, 0.6) is 0 Å². The van der Waals surface area contributed by atoms with Crippen LogP contribution in [0.1, 0.15) is 22.0 Å². The molecular weight excluding hydrogens is 398 g/mol. The van der Waals surface area contributed by atoms with E-state index >= 15 is 0 Å². The Labute approximate surface area is 172 Å². The molecule has 0 aromatic heterocycles. The summed E-state index contributed by atoms with van der Waals surface area (Å²) in [6.45, 7) is 1.53. The first-order valence-electron chi connectivity index (χ1n) is 9.02. The second-order valence-corrected chi connectivity index (χ2v) is 7.02. The van der Waals surface area contributed by atoms with Crippen molar-refractivity contribution in [3.63, 3.8) is 0 Å². The zero-order valence-electron chi connectivity index (χ0n) is 15.8. The van der Waals surface area contributed by atoms with E-state index in [-0.39, 0.29) is 11.3 Å². The van der Waals surface area contributed by atoms with Gasteiger partial charge in [0.05, 0.1) is 12.0 Å². The molecule has 0 radical (unpaired) electrons. The topological polar surface area (TPSA) is 93.0 Å². The summed E-state index contributed by atoms with van der Waals surface area (Å²) in [4.78, 5) is 39.3. The number of esters is 1. The van der Waals surface area contributed by atoms with Gasteiger partial charge in [0.25, 0.3) is 11.6 Å². The molecule has 1 aliphatic heterocycles.